The van der Waals surface area contributed by atoms with E-state index in [1.54, 1.807) is 17.0 Å². The lowest BCUT2D eigenvalue weighted by Gasteiger charge is -2.29. The molecule has 144 valence electrons. The maximum atomic E-state index is 12.5. The van der Waals surface area contributed by atoms with Crippen LogP contribution < -0.4 is 5.32 Å². The monoisotopic (exact) mass is 427 g/mol. The molecule has 27 heavy (non-hydrogen) atoms. The van der Waals surface area contributed by atoms with Crippen LogP contribution in [0.25, 0.3) is 0 Å². The van der Waals surface area contributed by atoms with Gasteiger partial charge in [-0.25, -0.2) is 9.78 Å². The van der Waals surface area contributed by atoms with Gasteiger partial charge in [0.25, 0.3) is 5.91 Å². The van der Waals surface area contributed by atoms with Gasteiger partial charge < -0.3 is 9.64 Å². The molecule has 1 N–H and O–H groups in total. The topological polar surface area (TPSA) is 71.5 Å². The number of ether oxygens (including phenoxy) is 1. The molecule has 2 amide bonds. The molecule has 2 heterocycles. The van der Waals surface area contributed by atoms with Crippen molar-refractivity contribution in [1.29, 1.82) is 0 Å². The lowest BCUT2D eigenvalue weighted by molar-refractivity contribution is 0.0225. The Labute approximate surface area is 171 Å². The number of hydrogen-bond donors (Lipinski definition) is 1. The normalized spacial score (nSPS) is 13.9. The highest BCUT2D eigenvalue weighted by Crippen LogP contribution is 2.30. The predicted octanol–water partition coefficient (Wildman–Crippen LogP) is 5.00. The van der Waals surface area contributed by atoms with Crippen LogP contribution in [0.2, 0.25) is 10.0 Å². The quantitative estimate of drug-likeness (QED) is 0.731. The zero-order chi connectivity index (χ0) is 19.8. The third-order valence-corrected chi connectivity index (χ3v) is 5.34. The van der Waals surface area contributed by atoms with Crippen molar-refractivity contribution in [3.8, 4) is 0 Å². The Bertz CT molecular complexity index is 892. The minimum Gasteiger partial charge on any atom is -0.444 e. The number of amides is 2. The van der Waals surface area contributed by atoms with E-state index in [2.05, 4.69) is 10.3 Å². The SMILES string of the molecule is CC(C)(C)OC(=O)N1CCc2nc(NC(=O)c3cc(Cl)ccc3Cl)sc2C1. The van der Waals surface area contributed by atoms with Crippen LogP contribution in [-0.2, 0) is 17.7 Å². The third kappa shape index (κ3) is 4.91. The van der Waals surface area contributed by atoms with E-state index in [-0.39, 0.29) is 17.6 Å². The van der Waals surface area contributed by atoms with Crippen LogP contribution in [0, 0.1) is 0 Å². The zero-order valence-electron chi connectivity index (χ0n) is 15.1. The Kier molecular flexibility index (Phi) is 5.65. The summed E-state index contributed by atoms with van der Waals surface area (Å²) in [4.78, 5) is 31.8. The van der Waals surface area contributed by atoms with E-state index in [4.69, 9.17) is 27.9 Å². The van der Waals surface area contributed by atoms with Crippen molar-refractivity contribution in [2.24, 2.45) is 0 Å². The van der Waals surface area contributed by atoms with Gasteiger partial charge in [0.15, 0.2) is 5.13 Å². The molecule has 0 unspecified atom stereocenters. The summed E-state index contributed by atoms with van der Waals surface area (Å²) >= 11 is 13.3. The first-order chi connectivity index (χ1) is 12.6. The summed E-state index contributed by atoms with van der Waals surface area (Å²) in [5, 5.41) is 3.96. The Hall–Kier alpha value is -1.83. The fourth-order valence-electron chi connectivity index (χ4n) is 2.57. The van der Waals surface area contributed by atoms with E-state index in [1.807, 2.05) is 20.8 Å². The van der Waals surface area contributed by atoms with Crippen LogP contribution in [0.1, 0.15) is 41.7 Å². The number of fused-ring (bicyclic) bond motifs is 1. The van der Waals surface area contributed by atoms with Crippen molar-refractivity contribution in [2.75, 3.05) is 11.9 Å². The molecule has 0 saturated heterocycles. The molecule has 1 aromatic carbocycles. The number of aromatic nitrogens is 1. The van der Waals surface area contributed by atoms with E-state index in [0.717, 1.165) is 10.6 Å². The number of carbonyl (C=O) groups is 2. The van der Waals surface area contributed by atoms with Gasteiger partial charge in [0, 0.05) is 22.9 Å². The van der Waals surface area contributed by atoms with Gasteiger partial charge in [-0.15, -0.1) is 0 Å². The Morgan fingerprint density at radius 3 is 2.74 bits per heavy atom. The third-order valence-electron chi connectivity index (χ3n) is 3.78. The van der Waals surface area contributed by atoms with E-state index < -0.39 is 5.60 Å². The van der Waals surface area contributed by atoms with Gasteiger partial charge in [-0.2, -0.15) is 0 Å². The smallest absolute Gasteiger partial charge is 0.410 e. The first-order valence-electron chi connectivity index (χ1n) is 8.35. The van der Waals surface area contributed by atoms with Gasteiger partial charge in [-0.05, 0) is 39.0 Å². The van der Waals surface area contributed by atoms with Gasteiger partial charge in [-0.1, -0.05) is 34.5 Å². The molecule has 1 aliphatic heterocycles. The number of rotatable bonds is 2. The van der Waals surface area contributed by atoms with Crippen LogP contribution in [0.15, 0.2) is 18.2 Å². The fourth-order valence-corrected chi connectivity index (χ4v) is 3.96. The highest BCUT2D eigenvalue weighted by atomic mass is 35.5. The molecule has 0 fully saturated rings. The van der Waals surface area contributed by atoms with Crippen molar-refractivity contribution < 1.29 is 14.3 Å². The summed E-state index contributed by atoms with van der Waals surface area (Å²) < 4.78 is 5.42. The van der Waals surface area contributed by atoms with Crippen molar-refractivity contribution in [2.45, 2.75) is 39.3 Å². The average molecular weight is 428 g/mol. The van der Waals surface area contributed by atoms with Crippen molar-refractivity contribution >= 4 is 51.7 Å². The number of hydrogen-bond acceptors (Lipinski definition) is 5. The highest BCUT2D eigenvalue weighted by Gasteiger charge is 2.28. The number of nitrogens with one attached hydrogen (secondary N) is 1. The van der Waals surface area contributed by atoms with Crippen LogP contribution in [-0.4, -0.2) is 34.0 Å². The van der Waals surface area contributed by atoms with E-state index in [0.29, 0.717) is 34.7 Å². The molecule has 0 saturated carbocycles. The molecule has 2 aromatic rings. The zero-order valence-corrected chi connectivity index (χ0v) is 17.5. The van der Waals surface area contributed by atoms with Crippen LogP contribution >= 0.6 is 34.5 Å². The summed E-state index contributed by atoms with van der Waals surface area (Å²) in [7, 11) is 0. The largest absolute Gasteiger partial charge is 0.444 e. The standard InChI is InChI=1S/C18H19Cl2N3O3S/c1-18(2,3)26-17(25)23-7-6-13-14(9-23)27-16(21-13)22-15(24)11-8-10(19)4-5-12(11)20/h4-5,8H,6-7,9H2,1-3H3,(H,21,22,24). The minimum atomic E-state index is -0.541. The summed E-state index contributed by atoms with van der Waals surface area (Å²) in [6.45, 7) is 6.44. The Morgan fingerprint density at radius 2 is 2.04 bits per heavy atom. The van der Waals surface area contributed by atoms with E-state index in [1.165, 1.54) is 17.4 Å². The van der Waals surface area contributed by atoms with Crippen LogP contribution in [0.3, 0.4) is 0 Å². The lowest BCUT2D eigenvalue weighted by Crippen LogP contribution is -2.39. The van der Waals surface area contributed by atoms with Gasteiger partial charge in [0.05, 0.1) is 22.8 Å². The maximum absolute atomic E-state index is 12.5. The molecule has 1 aromatic heterocycles. The van der Waals surface area contributed by atoms with Gasteiger partial charge >= 0.3 is 6.09 Å². The maximum Gasteiger partial charge on any atom is 0.410 e. The molecule has 0 radical (unpaired) electrons. The molecule has 1 aliphatic rings. The first-order valence-corrected chi connectivity index (χ1v) is 9.92. The average Bonchev–Trinajstić information content (AvgIpc) is 2.96. The van der Waals surface area contributed by atoms with E-state index >= 15 is 0 Å². The van der Waals surface area contributed by atoms with E-state index in [9.17, 15) is 9.59 Å². The van der Waals surface area contributed by atoms with Gasteiger partial charge in [-0.3, -0.25) is 10.1 Å². The second-order valence-electron chi connectivity index (χ2n) is 7.12. The first kappa shape index (κ1) is 19.9. The highest BCUT2D eigenvalue weighted by molar-refractivity contribution is 7.15. The van der Waals surface area contributed by atoms with Crippen LogP contribution in [0.4, 0.5) is 9.93 Å². The van der Waals surface area contributed by atoms with Gasteiger partial charge in [0.1, 0.15) is 5.60 Å². The molecule has 0 atom stereocenters. The molecule has 0 aliphatic carbocycles. The van der Waals surface area contributed by atoms with Crippen molar-refractivity contribution in [3.63, 3.8) is 0 Å². The summed E-state index contributed by atoms with van der Waals surface area (Å²) in [6.07, 6.45) is 0.261. The van der Waals surface area contributed by atoms with Crippen LogP contribution in [0.5, 0.6) is 0 Å². The van der Waals surface area contributed by atoms with Gasteiger partial charge in [0.2, 0.25) is 0 Å². The number of thiazole rings is 1. The molecular weight excluding hydrogens is 409 g/mol. The molecular formula is C18H19Cl2N3O3S. The van der Waals surface area contributed by atoms with Crippen molar-refractivity contribution in [3.05, 3.63) is 44.4 Å². The second kappa shape index (κ2) is 7.66. The summed E-state index contributed by atoms with van der Waals surface area (Å²) in [5.74, 6) is -0.377. The molecule has 3 rings (SSSR count). The number of halogens is 2. The predicted molar refractivity (Wildman–Crippen MR) is 107 cm³/mol. The Morgan fingerprint density at radius 1 is 1.30 bits per heavy atom. The Balaban J connectivity index is 1.70. The number of benzene rings is 1. The molecule has 0 bridgehead atoms. The lowest BCUT2D eigenvalue weighted by atomic mass is 10.2. The molecule has 6 nitrogen and oxygen atoms in total. The minimum absolute atomic E-state index is 0.285. The number of anilines is 1. The molecule has 0 spiro atoms. The number of carbonyl (C=O) groups excluding carboxylic acids is 2. The summed E-state index contributed by atoms with van der Waals surface area (Å²) in [6, 6.07) is 4.70. The number of nitrogens with zero attached hydrogens (tertiary/aromatic N) is 2. The summed E-state index contributed by atoms with van der Waals surface area (Å²) in [5.41, 5.74) is 0.625. The van der Waals surface area contributed by atoms with Crippen molar-refractivity contribution in [1.82, 2.24) is 9.88 Å². The second-order valence-corrected chi connectivity index (χ2v) is 9.05. The molecule has 9 heteroatoms. The fraction of sp³-hybridized carbons (Fsp3) is 0.389.